The van der Waals surface area contributed by atoms with E-state index in [-0.39, 0.29) is 57.0 Å². The zero-order chi connectivity index (χ0) is 27.6. The van der Waals surface area contributed by atoms with Crippen molar-refractivity contribution in [2.75, 3.05) is 13.1 Å². The van der Waals surface area contributed by atoms with Gasteiger partial charge in [0.1, 0.15) is 0 Å². The first kappa shape index (κ1) is 32.2. The average molecular weight is 752 g/mol. The second kappa shape index (κ2) is 13.6. The first-order valence-electron chi connectivity index (χ1n) is 9.78. The maximum absolute atomic E-state index is 12.2. The fraction of sp³-hybridized carbons (Fsp3) is 0.400. The largest absolute Gasteiger partial charge is 0.388 e. The molecule has 200 valence electrons. The minimum Gasteiger partial charge on any atom is -0.352 e. The lowest BCUT2D eigenvalue weighted by Crippen LogP contribution is -2.58. The summed E-state index contributed by atoms with van der Waals surface area (Å²) in [7, 11) is 0. The van der Waals surface area contributed by atoms with Crippen molar-refractivity contribution in [3.8, 4) is 0 Å². The molecule has 2 N–H and O–H groups in total. The number of hydrogen-bond donors (Lipinski definition) is 2. The van der Waals surface area contributed by atoms with Gasteiger partial charge in [0.2, 0.25) is 0 Å². The highest BCUT2D eigenvalue weighted by molar-refractivity contribution is 14.1. The average Bonchev–Trinajstić information content (AvgIpc) is 2.81. The number of rotatable bonds is 10. The van der Waals surface area contributed by atoms with Gasteiger partial charge < -0.3 is 10.6 Å². The van der Waals surface area contributed by atoms with Crippen molar-refractivity contribution in [3.63, 3.8) is 0 Å². The zero-order valence-electron chi connectivity index (χ0n) is 17.9. The summed E-state index contributed by atoms with van der Waals surface area (Å²) in [6, 6.07) is 6.89. The lowest BCUT2D eigenvalue weighted by Gasteiger charge is -2.31. The Morgan fingerprint density at radius 2 is 1.03 bits per heavy atom. The van der Waals surface area contributed by atoms with Crippen LogP contribution < -0.4 is 10.6 Å². The number of halogens is 10. The van der Waals surface area contributed by atoms with Crippen LogP contribution in [0.1, 0.15) is 33.6 Å². The number of carbonyl (C=O) groups is 2. The second-order valence-corrected chi connectivity index (χ2v) is 9.56. The standard InChI is InChI=1S/C16H18N4O2.C4F8I2/c21-15(13-5-3-7-17-11-13)19-9-1-2-10-20-16(22)14-6-4-8-18-12-14;5-1(6,3(9,10)13)2(7,8)4(11,12)14/h3-8,11-12H,1-2,9-10H2,(H,19,21)(H,20,22);. The summed E-state index contributed by atoms with van der Waals surface area (Å²) in [5, 5.41) is 5.63. The highest BCUT2D eigenvalue weighted by Crippen LogP contribution is 2.56. The van der Waals surface area contributed by atoms with Crippen molar-refractivity contribution in [3.05, 3.63) is 60.2 Å². The molecule has 0 atom stereocenters. The molecule has 6 nitrogen and oxygen atoms in total. The van der Waals surface area contributed by atoms with Gasteiger partial charge in [-0.1, -0.05) is 0 Å². The third-order valence-corrected chi connectivity index (χ3v) is 5.48. The van der Waals surface area contributed by atoms with Gasteiger partial charge in [-0.25, -0.2) is 0 Å². The fourth-order valence-electron chi connectivity index (χ4n) is 2.21. The van der Waals surface area contributed by atoms with E-state index in [1.165, 1.54) is 12.4 Å². The Morgan fingerprint density at radius 1 is 0.694 bits per heavy atom. The Labute approximate surface area is 227 Å². The van der Waals surface area contributed by atoms with Crippen LogP contribution in [0.4, 0.5) is 35.1 Å². The van der Waals surface area contributed by atoms with Crippen LogP contribution in [-0.2, 0) is 0 Å². The van der Waals surface area contributed by atoms with E-state index in [0.29, 0.717) is 24.2 Å². The third kappa shape index (κ3) is 9.22. The molecule has 0 fully saturated rings. The number of hydrogen-bond acceptors (Lipinski definition) is 4. The van der Waals surface area contributed by atoms with Gasteiger partial charge in [-0.3, -0.25) is 19.6 Å². The zero-order valence-corrected chi connectivity index (χ0v) is 22.3. The van der Waals surface area contributed by atoms with Gasteiger partial charge in [0.15, 0.2) is 0 Å². The van der Waals surface area contributed by atoms with E-state index in [1.807, 2.05) is 0 Å². The molecule has 0 aliphatic rings. The molecule has 2 heterocycles. The summed E-state index contributed by atoms with van der Waals surface area (Å²) in [4.78, 5) is 31.3. The van der Waals surface area contributed by atoms with Crippen LogP contribution >= 0.6 is 45.2 Å². The van der Waals surface area contributed by atoms with E-state index in [9.17, 15) is 44.7 Å². The second-order valence-electron chi connectivity index (χ2n) is 6.85. The van der Waals surface area contributed by atoms with Crippen molar-refractivity contribution in [2.45, 2.75) is 32.5 Å². The molecule has 0 aliphatic heterocycles. The molecule has 0 spiro atoms. The topological polar surface area (TPSA) is 84.0 Å². The van der Waals surface area contributed by atoms with Gasteiger partial charge >= 0.3 is 19.7 Å². The smallest absolute Gasteiger partial charge is 0.352 e. The minimum atomic E-state index is -6.12. The number of pyridine rings is 2. The van der Waals surface area contributed by atoms with Gasteiger partial charge in [-0.15, -0.1) is 0 Å². The van der Waals surface area contributed by atoms with Crippen LogP contribution in [0.25, 0.3) is 0 Å². The van der Waals surface area contributed by atoms with E-state index >= 15 is 0 Å². The molecule has 0 saturated heterocycles. The predicted octanol–water partition coefficient (Wildman–Crippen LogP) is 5.73. The molecule has 2 amide bonds. The van der Waals surface area contributed by atoms with Gasteiger partial charge in [0.05, 0.1) is 11.1 Å². The monoisotopic (exact) mass is 752 g/mol. The summed E-state index contributed by atoms with van der Waals surface area (Å²) in [6.07, 6.45) is 7.90. The fourth-order valence-corrected chi connectivity index (χ4v) is 2.89. The Bertz CT molecular complexity index is 896. The Kier molecular flexibility index (Phi) is 12.2. The lowest BCUT2D eigenvalue weighted by atomic mass is 10.2. The van der Waals surface area contributed by atoms with E-state index in [0.717, 1.165) is 12.8 Å². The Hall–Kier alpha value is -1.86. The highest BCUT2D eigenvalue weighted by Gasteiger charge is 2.79. The normalized spacial score (nSPS) is 12.3. The number of amides is 2. The molecule has 0 bridgehead atoms. The maximum Gasteiger partial charge on any atom is 0.388 e. The molecule has 0 radical (unpaired) electrons. The summed E-state index contributed by atoms with van der Waals surface area (Å²) < 4.78 is 86.1. The molecule has 2 aromatic heterocycles. The number of carbonyl (C=O) groups excluding carboxylic acids is 2. The predicted molar refractivity (Wildman–Crippen MR) is 130 cm³/mol. The van der Waals surface area contributed by atoms with Crippen LogP contribution in [0, 0.1) is 0 Å². The van der Waals surface area contributed by atoms with Gasteiger partial charge in [0.25, 0.3) is 11.8 Å². The maximum atomic E-state index is 12.2. The molecule has 2 rings (SSSR count). The minimum absolute atomic E-state index is 0.132. The van der Waals surface area contributed by atoms with Gasteiger partial charge in [-0.05, 0) is 37.1 Å². The van der Waals surface area contributed by atoms with Crippen molar-refractivity contribution >= 4 is 57.0 Å². The Morgan fingerprint density at radius 3 is 1.28 bits per heavy atom. The van der Waals surface area contributed by atoms with Crippen molar-refractivity contribution in [2.24, 2.45) is 0 Å². The van der Waals surface area contributed by atoms with Crippen LogP contribution in [-0.4, -0.2) is 54.6 Å². The third-order valence-electron chi connectivity index (χ3n) is 4.13. The summed E-state index contributed by atoms with van der Waals surface area (Å²) in [5.41, 5.74) is 1.10. The summed E-state index contributed by atoms with van der Waals surface area (Å²) in [5.74, 6) is -12.5. The van der Waals surface area contributed by atoms with Gasteiger partial charge in [-0.2, -0.15) is 35.1 Å². The molecule has 36 heavy (non-hydrogen) atoms. The van der Waals surface area contributed by atoms with Crippen LogP contribution in [0.15, 0.2) is 49.1 Å². The highest BCUT2D eigenvalue weighted by atomic mass is 127. The molecule has 0 unspecified atom stereocenters. The van der Waals surface area contributed by atoms with E-state index in [1.54, 1.807) is 36.7 Å². The number of nitrogens with one attached hydrogen (secondary N) is 2. The number of nitrogens with zero attached hydrogens (tertiary/aromatic N) is 2. The van der Waals surface area contributed by atoms with Crippen molar-refractivity contribution in [1.29, 1.82) is 0 Å². The van der Waals surface area contributed by atoms with Crippen LogP contribution in [0.5, 0.6) is 0 Å². The quantitative estimate of drug-likeness (QED) is 0.141. The number of alkyl halides is 10. The van der Waals surface area contributed by atoms with Crippen molar-refractivity contribution in [1.82, 2.24) is 20.6 Å². The lowest BCUT2D eigenvalue weighted by molar-refractivity contribution is -0.312. The molecule has 2 aromatic rings. The van der Waals surface area contributed by atoms with E-state index < -0.39 is 19.7 Å². The molecular weight excluding hydrogens is 734 g/mol. The molecule has 0 aliphatic carbocycles. The first-order chi connectivity index (χ1) is 16.5. The molecule has 0 saturated carbocycles. The van der Waals surface area contributed by atoms with E-state index in [2.05, 4.69) is 20.6 Å². The van der Waals surface area contributed by atoms with E-state index in [4.69, 9.17) is 0 Å². The summed E-state index contributed by atoms with van der Waals surface area (Å²) in [6.45, 7) is 1.13. The van der Waals surface area contributed by atoms with Crippen LogP contribution in [0.3, 0.4) is 0 Å². The SMILES string of the molecule is FC(F)(I)C(F)(F)C(F)(F)C(F)(F)I.O=C(NCCCCNC(=O)c1cccnc1)c1cccnc1. The Balaban J connectivity index is 0.000000402. The van der Waals surface area contributed by atoms with Crippen LogP contribution in [0.2, 0.25) is 0 Å². The first-order valence-corrected chi connectivity index (χ1v) is 11.9. The molecular formula is C20H18F8I2N4O2. The molecule has 16 heteroatoms. The van der Waals surface area contributed by atoms with Gasteiger partial charge in [0, 0.05) is 83.1 Å². The number of aromatic nitrogens is 2. The number of unbranched alkanes of at least 4 members (excludes halogenated alkanes) is 1. The van der Waals surface area contributed by atoms with Crippen molar-refractivity contribution < 1.29 is 44.7 Å². The summed E-state index contributed by atoms with van der Waals surface area (Å²) >= 11 is -0.631. The molecule has 0 aromatic carbocycles.